The summed E-state index contributed by atoms with van der Waals surface area (Å²) in [7, 11) is 0. The van der Waals surface area contributed by atoms with E-state index in [0.717, 1.165) is 12.8 Å². The largest absolute Gasteiger partial charge is 0.273 e. The normalized spacial score (nSPS) is 16.5. The van der Waals surface area contributed by atoms with Gasteiger partial charge in [-0.2, -0.15) is 0 Å². The standard InChI is InChI=1S/C7H12N2O.C2H6/c1-2-6-3-4-7(10)9(8)5-6;1-2/h5H,2-4,8H2,1H3;1-2H3. The van der Waals surface area contributed by atoms with Crippen LogP contribution >= 0.6 is 0 Å². The fourth-order valence-electron chi connectivity index (χ4n) is 0.998. The van der Waals surface area contributed by atoms with Crippen LogP contribution in [-0.2, 0) is 4.79 Å². The van der Waals surface area contributed by atoms with E-state index in [-0.39, 0.29) is 5.91 Å². The summed E-state index contributed by atoms with van der Waals surface area (Å²) in [4.78, 5) is 10.8. The summed E-state index contributed by atoms with van der Waals surface area (Å²) in [6.45, 7) is 6.06. The van der Waals surface area contributed by atoms with Crippen molar-refractivity contribution in [3.63, 3.8) is 0 Å². The molecule has 0 radical (unpaired) electrons. The summed E-state index contributed by atoms with van der Waals surface area (Å²) in [6.07, 6.45) is 4.16. The molecule has 1 rings (SSSR count). The van der Waals surface area contributed by atoms with Crippen LogP contribution in [0.5, 0.6) is 0 Å². The van der Waals surface area contributed by atoms with Crippen molar-refractivity contribution in [2.45, 2.75) is 40.0 Å². The van der Waals surface area contributed by atoms with Crippen molar-refractivity contribution in [1.29, 1.82) is 0 Å². The molecule has 3 nitrogen and oxygen atoms in total. The Kier molecular flexibility index (Phi) is 5.37. The first-order valence-electron chi connectivity index (χ1n) is 4.50. The van der Waals surface area contributed by atoms with E-state index in [4.69, 9.17) is 5.84 Å². The van der Waals surface area contributed by atoms with Gasteiger partial charge >= 0.3 is 0 Å². The van der Waals surface area contributed by atoms with E-state index < -0.39 is 0 Å². The van der Waals surface area contributed by atoms with Gasteiger partial charge in [-0.25, -0.2) is 5.84 Å². The van der Waals surface area contributed by atoms with E-state index in [0.29, 0.717) is 6.42 Å². The maximum absolute atomic E-state index is 10.8. The lowest BCUT2D eigenvalue weighted by Crippen LogP contribution is -2.34. The number of hydrogen-bond acceptors (Lipinski definition) is 2. The number of hydrogen-bond donors (Lipinski definition) is 1. The van der Waals surface area contributed by atoms with Gasteiger partial charge in [0.2, 0.25) is 5.91 Å². The molecule has 12 heavy (non-hydrogen) atoms. The molecule has 0 atom stereocenters. The number of nitrogens with two attached hydrogens (primary N) is 1. The van der Waals surface area contributed by atoms with Crippen molar-refractivity contribution in [1.82, 2.24) is 5.01 Å². The zero-order chi connectivity index (χ0) is 9.56. The number of nitrogens with zero attached hydrogens (tertiary/aromatic N) is 1. The van der Waals surface area contributed by atoms with Gasteiger partial charge in [0.25, 0.3) is 0 Å². The van der Waals surface area contributed by atoms with Crippen molar-refractivity contribution in [2.75, 3.05) is 0 Å². The van der Waals surface area contributed by atoms with Crippen LogP contribution in [0.1, 0.15) is 40.0 Å². The maximum Gasteiger partial charge on any atom is 0.240 e. The molecule has 0 fully saturated rings. The van der Waals surface area contributed by atoms with Crippen LogP contribution in [-0.4, -0.2) is 10.9 Å². The summed E-state index contributed by atoms with van der Waals surface area (Å²) in [5.74, 6) is 5.36. The minimum Gasteiger partial charge on any atom is -0.273 e. The van der Waals surface area contributed by atoms with E-state index >= 15 is 0 Å². The number of carbonyl (C=O) groups is 1. The zero-order valence-corrected chi connectivity index (χ0v) is 8.13. The molecule has 0 bridgehead atoms. The number of carbonyl (C=O) groups excluding carboxylic acids is 1. The van der Waals surface area contributed by atoms with Crippen molar-refractivity contribution in [2.24, 2.45) is 5.84 Å². The smallest absolute Gasteiger partial charge is 0.240 e. The third-order valence-electron chi connectivity index (χ3n) is 1.72. The van der Waals surface area contributed by atoms with E-state index in [1.807, 2.05) is 13.8 Å². The fourth-order valence-corrected chi connectivity index (χ4v) is 0.998. The molecule has 1 amide bonds. The number of hydrazine groups is 1. The van der Waals surface area contributed by atoms with Gasteiger partial charge in [-0.05, 0) is 12.8 Å². The summed E-state index contributed by atoms with van der Waals surface area (Å²) >= 11 is 0. The van der Waals surface area contributed by atoms with Crippen LogP contribution in [0, 0.1) is 0 Å². The lowest BCUT2D eigenvalue weighted by molar-refractivity contribution is -0.129. The zero-order valence-electron chi connectivity index (χ0n) is 8.13. The summed E-state index contributed by atoms with van der Waals surface area (Å²) in [5.41, 5.74) is 1.25. The Balaban J connectivity index is 0.000000561. The van der Waals surface area contributed by atoms with Crippen LogP contribution in [0.15, 0.2) is 11.8 Å². The van der Waals surface area contributed by atoms with Crippen LogP contribution < -0.4 is 5.84 Å². The molecule has 0 aromatic heterocycles. The van der Waals surface area contributed by atoms with Crippen LogP contribution in [0.2, 0.25) is 0 Å². The monoisotopic (exact) mass is 170 g/mol. The Labute approximate surface area is 74.2 Å². The van der Waals surface area contributed by atoms with E-state index in [1.165, 1.54) is 10.6 Å². The minimum absolute atomic E-state index is 0.0113. The predicted octanol–water partition coefficient (Wildman–Crippen LogP) is 1.80. The summed E-state index contributed by atoms with van der Waals surface area (Å²) in [6, 6.07) is 0. The van der Waals surface area contributed by atoms with Gasteiger partial charge in [-0.3, -0.25) is 9.80 Å². The highest BCUT2D eigenvalue weighted by atomic mass is 16.2. The van der Waals surface area contributed by atoms with Crippen molar-refractivity contribution in [3.05, 3.63) is 11.8 Å². The first kappa shape index (κ1) is 11.2. The topological polar surface area (TPSA) is 46.3 Å². The Morgan fingerprint density at radius 3 is 2.50 bits per heavy atom. The van der Waals surface area contributed by atoms with Gasteiger partial charge in [0.15, 0.2) is 0 Å². The number of amides is 1. The average Bonchev–Trinajstić information content (AvgIpc) is 2.13. The Morgan fingerprint density at radius 1 is 1.50 bits per heavy atom. The second-order valence-electron chi connectivity index (χ2n) is 2.44. The molecule has 2 N–H and O–H groups in total. The van der Waals surface area contributed by atoms with Crippen molar-refractivity contribution >= 4 is 5.91 Å². The first-order valence-corrected chi connectivity index (χ1v) is 4.50. The second kappa shape index (κ2) is 5.77. The predicted molar refractivity (Wildman–Crippen MR) is 50.0 cm³/mol. The molecule has 0 saturated heterocycles. The van der Waals surface area contributed by atoms with E-state index in [2.05, 4.69) is 6.92 Å². The van der Waals surface area contributed by atoms with E-state index in [1.54, 1.807) is 6.20 Å². The van der Waals surface area contributed by atoms with Crippen LogP contribution in [0.3, 0.4) is 0 Å². The fraction of sp³-hybridized carbons (Fsp3) is 0.667. The van der Waals surface area contributed by atoms with Crippen LogP contribution in [0.25, 0.3) is 0 Å². The highest BCUT2D eigenvalue weighted by Gasteiger charge is 2.13. The summed E-state index contributed by atoms with van der Waals surface area (Å²) < 4.78 is 0. The molecular weight excluding hydrogens is 152 g/mol. The molecule has 0 spiro atoms. The lowest BCUT2D eigenvalue weighted by Gasteiger charge is -2.19. The lowest BCUT2D eigenvalue weighted by atomic mass is 10.1. The van der Waals surface area contributed by atoms with Crippen molar-refractivity contribution in [3.8, 4) is 0 Å². The maximum atomic E-state index is 10.8. The van der Waals surface area contributed by atoms with Gasteiger partial charge in [0, 0.05) is 12.6 Å². The molecule has 3 heteroatoms. The molecule has 0 unspecified atom stereocenters. The second-order valence-corrected chi connectivity index (χ2v) is 2.44. The quantitative estimate of drug-likeness (QED) is 0.482. The SMILES string of the molecule is CC.CCC1=CN(N)C(=O)CC1. The molecule has 1 aliphatic rings. The molecule has 1 aliphatic heterocycles. The average molecular weight is 170 g/mol. The molecule has 0 aromatic carbocycles. The van der Waals surface area contributed by atoms with Gasteiger partial charge in [0.05, 0.1) is 0 Å². The molecule has 70 valence electrons. The molecule has 1 heterocycles. The van der Waals surface area contributed by atoms with Crippen LogP contribution in [0.4, 0.5) is 0 Å². The van der Waals surface area contributed by atoms with E-state index in [9.17, 15) is 4.79 Å². The Hall–Kier alpha value is -0.830. The number of rotatable bonds is 1. The number of allylic oxidation sites excluding steroid dienone is 1. The minimum atomic E-state index is 0.0113. The van der Waals surface area contributed by atoms with Crippen molar-refractivity contribution < 1.29 is 4.79 Å². The molecule has 0 aromatic rings. The Bertz CT molecular complexity index is 175. The molecular formula is C9H18N2O. The van der Waals surface area contributed by atoms with Gasteiger partial charge in [0.1, 0.15) is 0 Å². The molecule has 0 aliphatic carbocycles. The first-order chi connectivity index (χ1) is 5.74. The summed E-state index contributed by atoms with van der Waals surface area (Å²) in [5, 5.41) is 1.18. The Morgan fingerprint density at radius 2 is 2.08 bits per heavy atom. The highest BCUT2D eigenvalue weighted by Crippen LogP contribution is 2.15. The van der Waals surface area contributed by atoms with Gasteiger partial charge < -0.3 is 0 Å². The molecule has 0 saturated carbocycles. The highest BCUT2D eigenvalue weighted by molar-refractivity contribution is 5.78. The van der Waals surface area contributed by atoms with Gasteiger partial charge in [-0.1, -0.05) is 26.3 Å². The third-order valence-corrected chi connectivity index (χ3v) is 1.72. The third kappa shape index (κ3) is 3.05. The van der Waals surface area contributed by atoms with Gasteiger partial charge in [-0.15, -0.1) is 0 Å².